The van der Waals surface area contributed by atoms with Gasteiger partial charge in [-0.05, 0) is 39.2 Å². The van der Waals surface area contributed by atoms with E-state index in [-0.39, 0.29) is 35.0 Å². The third-order valence-corrected chi connectivity index (χ3v) is 6.09. The zero-order chi connectivity index (χ0) is 23.2. The number of benzene rings is 1. The Hall–Kier alpha value is -3.14. The molecule has 0 spiro atoms. The number of ether oxygens (including phenoxy) is 1. The zero-order valence-electron chi connectivity index (χ0n) is 18.4. The van der Waals surface area contributed by atoms with Gasteiger partial charge in [0.25, 0.3) is 0 Å². The molecule has 3 N–H and O–H groups in total. The van der Waals surface area contributed by atoms with Gasteiger partial charge < -0.3 is 29.9 Å². The molecule has 1 atom stereocenters. The summed E-state index contributed by atoms with van der Waals surface area (Å²) in [5.74, 6) is -1.82. The molecule has 1 aromatic carbocycles. The molecule has 2 fully saturated rings. The van der Waals surface area contributed by atoms with Crippen molar-refractivity contribution in [2.75, 3.05) is 31.7 Å². The third-order valence-electron chi connectivity index (χ3n) is 6.09. The van der Waals surface area contributed by atoms with Gasteiger partial charge in [0.05, 0.1) is 35.8 Å². The topological polar surface area (TPSA) is 119 Å². The molecule has 32 heavy (non-hydrogen) atoms. The number of aromatic nitrogens is 1. The van der Waals surface area contributed by atoms with Crippen LogP contribution in [-0.4, -0.2) is 53.7 Å². The Morgan fingerprint density at radius 3 is 2.75 bits per heavy atom. The fraction of sp³-hybridized carbons (Fsp3) is 0.500. The summed E-state index contributed by atoms with van der Waals surface area (Å²) in [5, 5.41) is 13.6. The molecule has 1 saturated carbocycles. The number of anilines is 1. The quantitative estimate of drug-likeness (QED) is 0.654. The molecule has 2 aliphatic rings. The van der Waals surface area contributed by atoms with Crippen molar-refractivity contribution >= 4 is 28.3 Å². The van der Waals surface area contributed by atoms with E-state index in [1.54, 1.807) is 9.47 Å². The van der Waals surface area contributed by atoms with E-state index >= 15 is 4.39 Å². The fourth-order valence-electron chi connectivity index (χ4n) is 4.14. The van der Waals surface area contributed by atoms with Gasteiger partial charge in [0.2, 0.25) is 5.43 Å². The van der Waals surface area contributed by atoms with Crippen LogP contribution in [0, 0.1) is 5.82 Å². The number of nitrogens with two attached hydrogens (primary N) is 1. The minimum Gasteiger partial charge on any atom is -0.492 e. The van der Waals surface area contributed by atoms with Crippen LogP contribution in [0.3, 0.4) is 0 Å². The van der Waals surface area contributed by atoms with Crippen LogP contribution in [0.5, 0.6) is 5.75 Å². The van der Waals surface area contributed by atoms with Crippen LogP contribution < -0.4 is 20.8 Å². The third kappa shape index (κ3) is 3.68. The van der Waals surface area contributed by atoms with Crippen molar-refractivity contribution < 1.29 is 23.9 Å². The highest BCUT2D eigenvalue weighted by Crippen LogP contribution is 2.44. The summed E-state index contributed by atoms with van der Waals surface area (Å²) in [4.78, 5) is 31.4. The van der Waals surface area contributed by atoms with Gasteiger partial charge in [-0.3, -0.25) is 4.79 Å². The van der Waals surface area contributed by atoms with Crippen molar-refractivity contribution in [1.29, 1.82) is 0 Å². The molecule has 2 aromatic rings. The Morgan fingerprint density at radius 2 is 2.16 bits per heavy atom. The normalized spacial score (nSPS) is 22.4. The van der Waals surface area contributed by atoms with Crippen LogP contribution in [-0.2, 0) is 4.84 Å². The fourth-order valence-corrected chi connectivity index (χ4v) is 4.14. The van der Waals surface area contributed by atoms with Crippen molar-refractivity contribution in [2.45, 2.75) is 44.7 Å². The first-order chi connectivity index (χ1) is 15.2. The van der Waals surface area contributed by atoms with Crippen LogP contribution >= 0.6 is 0 Å². The molecular weight excluding hydrogens is 419 g/mol. The maximum Gasteiger partial charge on any atom is 0.341 e. The summed E-state index contributed by atoms with van der Waals surface area (Å²) in [5.41, 5.74) is 5.72. The molecule has 4 rings (SSSR count). The molecule has 2 heterocycles. The maximum absolute atomic E-state index is 15.5. The molecule has 172 valence electrons. The van der Waals surface area contributed by atoms with Crippen LogP contribution in [0.15, 0.2) is 22.2 Å². The van der Waals surface area contributed by atoms with Crippen molar-refractivity contribution in [1.82, 2.24) is 4.57 Å². The Bertz CT molecular complexity index is 1170. The van der Waals surface area contributed by atoms with Crippen LogP contribution in [0.1, 0.15) is 49.5 Å². The zero-order valence-corrected chi connectivity index (χ0v) is 18.4. The predicted molar refractivity (Wildman–Crippen MR) is 118 cm³/mol. The van der Waals surface area contributed by atoms with E-state index in [9.17, 15) is 14.7 Å². The summed E-state index contributed by atoms with van der Waals surface area (Å²) < 4.78 is 22.8. The van der Waals surface area contributed by atoms with Crippen LogP contribution in [0.2, 0.25) is 0 Å². The lowest BCUT2D eigenvalue weighted by atomic mass is 9.88. The van der Waals surface area contributed by atoms with Crippen LogP contribution in [0.4, 0.5) is 10.1 Å². The minimum absolute atomic E-state index is 0.0150. The largest absolute Gasteiger partial charge is 0.492 e. The first-order valence-electron chi connectivity index (χ1n) is 10.6. The SMILES string of the molecule is CCO/N=C1\CN(c2c(F)cc3c(=O)c(C(=O)O)cn(C4CC4)c3c2OC)CCC1(C)N. The van der Waals surface area contributed by atoms with Crippen molar-refractivity contribution in [3.63, 3.8) is 0 Å². The van der Waals surface area contributed by atoms with Gasteiger partial charge in [-0.1, -0.05) is 5.16 Å². The van der Waals surface area contributed by atoms with Crippen molar-refractivity contribution in [2.24, 2.45) is 10.9 Å². The summed E-state index contributed by atoms with van der Waals surface area (Å²) in [6, 6.07) is 1.14. The molecule has 0 amide bonds. The number of carbonyl (C=O) groups is 1. The molecule has 9 nitrogen and oxygen atoms in total. The van der Waals surface area contributed by atoms with Gasteiger partial charge in [0, 0.05) is 18.8 Å². The second-order valence-corrected chi connectivity index (χ2v) is 8.50. The van der Waals surface area contributed by atoms with Gasteiger partial charge in [0.1, 0.15) is 17.9 Å². The summed E-state index contributed by atoms with van der Waals surface area (Å²) >= 11 is 0. The van der Waals surface area contributed by atoms with Gasteiger partial charge in [-0.25, -0.2) is 9.18 Å². The lowest BCUT2D eigenvalue weighted by Crippen LogP contribution is -2.56. The summed E-state index contributed by atoms with van der Waals surface area (Å²) in [6.45, 7) is 4.72. The van der Waals surface area contributed by atoms with Crippen molar-refractivity contribution in [3.05, 3.63) is 33.9 Å². The van der Waals surface area contributed by atoms with E-state index in [1.165, 1.54) is 13.3 Å². The number of nitrogens with zero attached hydrogens (tertiary/aromatic N) is 3. The number of carboxylic acid groups (broad SMARTS) is 1. The summed E-state index contributed by atoms with van der Waals surface area (Å²) in [7, 11) is 1.41. The Kier molecular flexibility index (Phi) is 5.58. The average molecular weight is 446 g/mol. The van der Waals surface area contributed by atoms with Crippen LogP contribution in [0.25, 0.3) is 10.9 Å². The van der Waals surface area contributed by atoms with E-state index in [2.05, 4.69) is 5.16 Å². The highest BCUT2D eigenvalue weighted by molar-refractivity contribution is 6.00. The molecule has 10 heteroatoms. The smallest absolute Gasteiger partial charge is 0.341 e. The van der Waals surface area contributed by atoms with Gasteiger partial charge in [-0.15, -0.1) is 0 Å². The van der Waals surface area contributed by atoms with Gasteiger partial charge >= 0.3 is 5.97 Å². The summed E-state index contributed by atoms with van der Waals surface area (Å²) in [6.07, 6.45) is 3.53. The molecule has 0 radical (unpaired) electrons. The molecule has 1 aromatic heterocycles. The predicted octanol–water partition coefficient (Wildman–Crippen LogP) is 2.50. The van der Waals surface area contributed by atoms with Gasteiger partial charge in [0.15, 0.2) is 11.6 Å². The number of rotatable bonds is 6. The van der Waals surface area contributed by atoms with E-state index in [1.807, 2.05) is 13.8 Å². The second-order valence-electron chi connectivity index (χ2n) is 8.50. The van der Waals surface area contributed by atoms with E-state index in [0.717, 1.165) is 18.9 Å². The number of hydrogen-bond donors (Lipinski definition) is 2. The lowest BCUT2D eigenvalue weighted by molar-refractivity contribution is 0.0694. The second kappa shape index (κ2) is 8.09. The highest BCUT2D eigenvalue weighted by atomic mass is 19.1. The van der Waals surface area contributed by atoms with Crippen molar-refractivity contribution in [3.8, 4) is 5.75 Å². The number of hydrogen-bond acceptors (Lipinski definition) is 7. The molecule has 1 aliphatic heterocycles. The number of halogens is 1. The standard InChI is InChI=1S/C22H27FN4O5/c1-4-32-25-16-11-26(8-7-22(16,2)24)18-15(23)9-13-17(20(18)31-3)27(12-5-6-12)10-14(19(13)28)21(29)30/h9-10,12H,4-8,11,24H2,1-3H3,(H,29,30)/b25-16+. The first-order valence-corrected chi connectivity index (χ1v) is 10.6. The Morgan fingerprint density at radius 1 is 1.44 bits per heavy atom. The molecule has 1 saturated heterocycles. The number of aromatic carboxylic acids is 1. The number of methoxy groups -OCH3 is 1. The minimum atomic E-state index is -1.34. The number of piperidine rings is 1. The molecule has 0 bridgehead atoms. The Labute approximate surface area is 184 Å². The lowest BCUT2D eigenvalue weighted by Gasteiger charge is -2.39. The number of oxime groups is 1. The number of fused-ring (bicyclic) bond motifs is 1. The highest BCUT2D eigenvalue weighted by Gasteiger charge is 2.37. The number of pyridine rings is 1. The van der Waals surface area contributed by atoms with Gasteiger partial charge in [-0.2, -0.15) is 0 Å². The first kappa shape index (κ1) is 22.1. The van der Waals surface area contributed by atoms with E-state index in [0.29, 0.717) is 30.8 Å². The van der Waals surface area contributed by atoms with E-state index < -0.39 is 22.8 Å². The number of carboxylic acids is 1. The van der Waals surface area contributed by atoms with E-state index in [4.69, 9.17) is 15.3 Å². The Balaban J connectivity index is 1.92. The molecule has 1 unspecified atom stereocenters. The average Bonchev–Trinajstić information content (AvgIpc) is 3.58. The maximum atomic E-state index is 15.5. The molecular formula is C22H27FN4O5. The molecule has 1 aliphatic carbocycles. The monoisotopic (exact) mass is 446 g/mol.